The van der Waals surface area contributed by atoms with Crippen LogP contribution >= 0.6 is 112 Å². The molecule has 43 nitrogen and oxygen atoms in total. The summed E-state index contributed by atoms with van der Waals surface area (Å²) < 4.78 is 8.73. The molecule has 0 spiro atoms. The first-order chi connectivity index (χ1) is 67.8. The number of benzene rings is 1. The molecule has 4 atom stereocenters. The lowest BCUT2D eigenvalue weighted by Crippen LogP contribution is -2.35. The van der Waals surface area contributed by atoms with Crippen molar-refractivity contribution in [2.24, 2.45) is 57.3 Å². The number of rotatable bonds is 26. The quantitative estimate of drug-likeness (QED) is 0.0178. The molecule has 19 rings (SSSR count). The first-order valence-electron chi connectivity index (χ1n) is 45.0. The van der Waals surface area contributed by atoms with E-state index in [4.69, 9.17) is 74.5 Å². The summed E-state index contributed by atoms with van der Waals surface area (Å²) in [5, 5.41) is 15.0. The molecular weight excluding hydrogens is 2260 g/mol. The first-order valence-corrected chi connectivity index (χ1v) is 50.5. The number of aryl methyl sites for hydroxylation is 3. The van der Waals surface area contributed by atoms with Gasteiger partial charge in [-0.25, -0.2) is 49.8 Å². The average molecular weight is 2380 g/mol. The SMILES string of the molecule is NC1=N/C(=C\CCNC(=O)C2=CC(Br)=C(Br)C2)C(=O)N1.NC[C@@H]1Cc2nc(N)[nH]c2C[C@@H]1CN.NC[C@H]1Cc2nc(N)[nH]c2C[C@@H]1CN.Nc1ncc(/C=C/CNC(=O)C2=CC(Br)=C(Br)C2)[nH]1.Nc1ncc(CCCNC(=O)C2=CC(Br)=C(Br)C2)[nH]1.Nc1ncc(CCCNC(=O)C2=CC(Br)=CC2)[nH]1.Nc1ncc(Cc2c[nH]c3ccccc23)[nH]1.Nc1ncc(Cc2cnc[nH]2)[nH]1.Nc1ncc2n1CCC2. The maximum absolute atomic E-state index is 11.9. The Hall–Kier alpha value is -12.5. The van der Waals surface area contributed by atoms with E-state index in [9.17, 15) is 24.0 Å². The zero-order chi connectivity index (χ0) is 101. The zero-order valence-electron chi connectivity index (χ0n) is 76.9. The van der Waals surface area contributed by atoms with E-state index < -0.39 is 0 Å². The van der Waals surface area contributed by atoms with E-state index in [2.05, 4.69) is 249 Å². The van der Waals surface area contributed by atoms with Crippen molar-refractivity contribution in [1.82, 2.24) is 121 Å². The van der Waals surface area contributed by atoms with Crippen molar-refractivity contribution in [2.45, 2.75) is 116 Å². The highest BCUT2D eigenvalue weighted by Gasteiger charge is 2.31. The summed E-state index contributed by atoms with van der Waals surface area (Å²) in [6.07, 6.45) is 44.4. The van der Waals surface area contributed by atoms with Crippen LogP contribution in [0.1, 0.15) is 120 Å². The zero-order valence-corrected chi connectivity index (χ0v) is 88.0. The van der Waals surface area contributed by atoms with Crippen LogP contribution < -0.4 is 101 Å². The Balaban J connectivity index is 0.000000153. The number of guanidine groups is 1. The Labute approximate surface area is 870 Å². The predicted octanol–water partition coefficient (Wildman–Crippen LogP) is 8.89. The minimum atomic E-state index is -0.315. The molecule has 0 saturated carbocycles. The molecule has 750 valence electrons. The largest absolute Gasteiger partial charge is 0.369 e. The van der Waals surface area contributed by atoms with E-state index in [1.807, 2.05) is 61.0 Å². The van der Waals surface area contributed by atoms with Gasteiger partial charge in [0.1, 0.15) is 5.70 Å². The first kappa shape index (κ1) is 109. The standard InChI is InChI=1S/C12H12Br2N4O2.C12H14Br2N4O.C12H12Br2N4O.C12H15BrN4O.C12H12N4.2C9H17N5.C7H9N5.C6H9N3/c13-7-4-6(5-8(7)14)10(19)16-3-1-2-9-11(20)18-12(15)17-9;2*13-9-4-7(5-10(9)14)11(19)16-3-1-2-8-6-17-12(15)18-8;13-9-4-3-8(6-9)11(18)15-5-1-2-10-7-16-12(14)17-10;13-12-15-7-9(16-12)5-8-6-14-11-4-2-1-3-10(8)11;2*10-3-5-1-7-8(2-6(5)4-11)14-9(12)13-7;8-7-10-3-6(12-7)1-5-2-9-4-11-5;7-6-8-4-5-2-1-3-9(5)6/h2,4H,1,3,5H2,(H,16,19)(H3,15,17,18,20);4,6H,1-3,5H2,(H,16,19)(H3,15,17,18);1-2,4,6H,3,5H2,(H,16,19)(H3,15,17,18);4,6-7H,1-3,5H2,(H,15,18)(H3,14,16,17);1-4,6-7,14H,5H2,(H3,13,15,16);2*5-6H,1-4,10-11H2,(H3,12,13,14);2-4H,1H2,(H,9,11)(H3,8,10,12);4H,1-3H2,(H2,7,8)/b9-2-;;2-1+;;;;;;/t;;;;;5-,6+;5-,6-;;/m......1../s1. The number of nitrogens with two attached hydrogens (primary N) is 13. The van der Waals surface area contributed by atoms with Crippen molar-refractivity contribution >= 4 is 212 Å². The number of carbonyl (C=O) groups is 5. The summed E-state index contributed by atoms with van der Waals surface area (Å²) >= 11 is 23.6. The van der Waals surface area contributed by atoms with Crippen LogP contribution in [-0.4, -0.2) is 182 Å². The van der Waals surface area contributed by atoms with E-state index in [0.717, 1.165) is 188 Å². The van der Waals surface area contributed by atoms with Gasteiger partial charge in [0, 0.05) is 187 Å². The van der Waals surface area contributed by atoms with Crippen molar-refractivity contribution in [3.63, 3.8) is 0 Å². The van der Waals surface area contributed by atoms with E-state index in [0.29, 0.717) is 161 Å². The molecular formula is C91H117Br7N38O5. The molecule has 141 heavy (non-hydrogen) atoms. The van der Waals surface area contributed by atoms with Crippen LogP contribution in [0, 0.1) is 23.7 Å². The van der Waals surface area contributed by atoms with E-state index in [-0.39, 0.29) is 41.2 Å². The van der Waals surface area contributed by atoms with Crippen LogP contribution in [0.15, 0.2) is 187 Å². The lowest BCUT2D eigenvalue weighted by molar-refractivity contribution is -0.118. The third-order valence-corrected chi connectivity index (χ3v) is 29.2. The molecule has 50 heteroatoms. The van der Waals surface area contributed by atoms with Gasteiger partial charge >= 0.3 is 0 Å². The van der Waals surface area contributed by atoms with Gasteiger partial charge in [0.15, 0.2) is 47.6 Å². The molecule has 0 bridgehead atoms. The van der Waals surface area contributed by atoms with E-state index in [1.54, 1.807) is 55.7 Å². The van der Waals surface area contributed by atoms with Crippen molar-refractivity contribution in [2.75, 3.05) is 98.2 Å². The van der Waals surface area contributed by atoms with E-state index >= 15 is 0 Å². The second-order valence-electron chi connectivity index (χ2n) is 33.1. The van der Waals surface area contributed by atoms with Gasteiger partial charge in [-0.15, -0.1) is 0 Å². The molecule has 12 heterocycles. The van der Waals surface area contributed by atoms with Crippen LogP contribution in [0.4, 0.5) is 47.6 Å². The minimum absolute atomic E-state index is 0.00447. The Kier molecular flexibility index (Phi) is 42.1. The Morgan fingerprint density at radius 3 is 1.43 bits per heavy atom. The Bertz CT molecular complexity index is 6330. The maximum atomic E-state index is 11.9. The van der Waals surface area contributed by atoms with Gasteiger partial charge in [0.2, 0.25) is 29.6 Å². The molecule has 1 aromatic carbocycles. The van der Waals surface area contributed by atoms with Crippen LogP contribution in [0.25, 0.3) is 17.0 Å². The third-order valence-electron chi connectivity index (χ3n) is 22.8. The molecule has 0 radical (unpaired) electrons. The number of para-hydroxylation sites is 1. The fourth-order valence-corrected chi connectivity index (χ4v) is 18.5. The van der Waals surface area contributed by atoms with Crippen LogP contribution in [0.5, 0.6) is 0 Å². The summed E-state index contributed by atoms with van der Waals surface area (Å²) in [7, 11) is 0. The number of imidazole rings is 9. The number of nitrogen functional groups attached to an aromatic ring is 8. The number of hydrogen-bond acceptors (Lipinski definition) is 28. The highest BCUT2D eigenvalue weighted by Crippen LogP contribution is 2.37. The molecule has 6 aliphatic carbocycles. The number of amides is 5. The number of nitrogens with one attached hydrogen (secondary N) is 14. The molecule has 11 aromatic rings. The average Bonchev–Trinajstić information content (AvgIpc) is 1.71. The number of halogens is 7. The second-order valence-corrected chi connectivity index (χ2v) is 39.5. The number of allylic oxidation sites excluding steroid dienone is 12. The molecule has 40 N–H and O–H groups in total. The summed E-state index contributed by atoms with van der Waals surface area (Å²) in [5.41, 5.74) is 89.5. The lowest BCUT2D eigenvalue weighted by Gasteiger charge is -2.28. The smallest absolute Gasteiger partial charge is 0.276 e. The minimum Gasteiger partial charge on any atom is -0.369 e. The van der Waals surface area contributed by atoms with Gasteiger partial charge < -0.3 is 145 Å². The van der Waals surface area contributed by atoms with E-state index in [1.165, 1.54) is 23.1 Å². The van der Waals surface area contributed by atoms with Gasteiger partial charge in [-0.3, -0.25) is 29.3 Å². The fourth-order valence-electron chi connectivity index (χ4n) is 15.5. The van der Waals surface area contributed by atoms with Crippen LogP contribution in [0.2, 0.25) is 0 Å². The number of fused-ring (bicyclic) bond motifs is 4. The van der Waals surface area contributed by atoms with Gasteiger partial charge in [-0.2, -0.15) is 0 Å². The Morgan fingerprint density at radius 2 is 0.979 bits per heavy atom. The summed E-state index contributed by atoms with van der Waals surface area (Å²) in [6.45, 7) is 5.92. The van der Waals surface area contributed by atoms with Gasteiger partial charge in [0.25, 0.3) is 5.91 Å². The van der Waals surface area contributed by atoms with Gasteiger partial charge in [-0.1, -0.05) is 100 Å². The molecule has 5 amide bonds. The summed E-state index contributed by atoms with van der Waals surface area (Å²) in [4.78, 5) is 126. The lowest BCUT2D eigenvalue weighted by atomic mass is 9.80. The molecule has 0 unspecified atom stereocenters. The fraction of sp³-hybridized carbons (Fsp3) is 0.330. The molecule has 10 aromatic heterocycles. The van der Waals surface area contributed by atoms with Crippen molar-refractivity contribution in [3.05, 3.63) is 250 Å². The number of aliphatic imine (C=N–C) groups is 1. The molecule has 2 aliphatic heterocycles. The summed E-state index contributed by atoms with van der Waals surface area (Å²) in [6, 6.07) is 8.25. The Morgan fingerprint density at radius 1 is 0.496 bits per heavy atom. The highest BCUT2D eigenvalue weighted by atomic mass is 79.9. The summed E-state index contributed by atoms with van der Waals surface area (Å²) in [5.74, 6) is 5.25. The van der Waals surface area contributed by atoms with Crippen LogP contribution in [-0.2, 0) is 88.3 Å². The van der Waals surface area contributed by atoms with Crippen molar-refractivity contribution < 1.29 is 24.0 Å². The highest BCUT2D eigenvalue weighted by molar-refractivity contribution is 9.15. The molecule has 8 aliphatic rings. The number of H-pyrrole nitrogens is 9. The number of carbonyl (C=O) groups excluding carboxylic acids is 5. The maximum Gasteiger partial charge on any atom is 0.276 e. The topological polar surface area (TPSA) is 759 Å². The van der Waals surface area contributed by atoms with Crippen LogP contribution in [0.3, 0.4) is 0 Å². The number of aromatic nitrogens is 19. The normalized spacial score (nSPS) is 17.0. The van der Waals surface area contributed by atoms with Crippen molar-refractivity contribution in [1.29, 1.82) is 0 Å². The molecule has 0 saturated heterocycles. The predicted molar refractivity (Wildman–Crippen MR) is 576 cm³/mol. The number of nitrogens with zero attached hydrogens (tertiary/aromatic N) is 11. The molecule has 0 fully saturated rings. The third kappa shape index (κ3) is 33.9. The number of hydrogen-bond donors (Lipinski definition) is 27. The number of aromatic amines is 9. The number of anilines is 8. The second kappa shape index (κ2) is 54.5. The van der Waals surface area contributed by atoms with Gasteiger partial charge in [0.05, 0.1) is 60.6 Å². The van der Waals surface area contributed by atoms with Gasteiger partial charge in [-0.05, 0) is 217 Å². The monoisotopic (exact) mass is 2370 g/mol. The van der Waals surface area contributed by atoms with Crippen molar-refractivity contribution in [3.8, 4) is 0 Å².